The number of hydrogen-bond acceptors (Lipinski definition) is 6. The Hall–Kier alpha value is -3.72. The standard InChI is InChI=1S/C28H30FN7O/c1-5-36-26-15-10-21(28(30)31-12-15)37-14(2)19-11-16(29)6-7-17(19)24-20(13-35(4)32-24)22-18-8-9-34(3)27(18)25(33-36)23(22)26/h6-7,10-14,18,22,27H,5,8-9H2,1-4H3,(H2,30,31)/t14-,18?,22?,27?/m1/s1. The highest BCUT2D eigenvalue weighted by Crippen LogP contribution is 2.59. The Morgan fingerprint density at radius 3 is 2.81 bits per heavy atom. The molecule has 7 rings (SSSR count). The molecule has 2 bridgehead atoms. The molecule has 0 radical (unpaired) electrons. The number of anilines is 1. The number of benzene rings is 1. The molecular formula is C28H30FN7O. The van der Waals surface area contributed by atoms with Gasteiger partial charge in [0.2, 0.25) is 0 Å². The lowest BCUT2D eigenvalue weighted by Gasteiger charge is -2.25. The molecule has 2 aliphatic heterocycles. The fourth-order valence-electron chi connectivity index (χ4n) is 6.85. The lowest BCUT2D eigenvalue weighted by molar-refractivity contribution is 0.227. The van der Waals surface area contributed by atoms with Gasteiger partial charge in [0.15, 0.2) is 11.6 Å². The van der Waals surface area contributed by atoms with Crippen LogP contribution < -0.4 is 10.5 Å². The third-order valence-electron chi connectivity index (χ3n) is 8.39. The SMILES string of the molecule is CCn1nc2c3c1-c1cnc(N)c(c1)O[C@H](C)c1cc(F)ccc1-c1nn(C)cc1C3C1CCN(C)C21. The summed E-state index contributed by atoms with van der Waals surface area (Å²) < 4.78 is 24.9. The highest BCUT2D eigenvalue weighted by Gasteiger charge is 2.51. The van der Waals surface area contributed by atoms with E-state index < -0.39 is 6.10 Å². The lowest BCUT2D eigenvalue weighted by Crippen LogP contribution is -2.20. The molecule has 1 fully saturated rings. The average Bonchev–Trinajstić information content (AvgIpc) is 3.60. The van der Waals surface area contributed by atoms with E-state index >= 15 is 0 Å². The van der Waals surface area contributed by atoms with Crippen molar-refractivity contribution < 1.29 is 9.13 Å². The predicted octanol–water partition coefficient (Wildman–Crippen LogP) is 4.68. The van der Waals surface area contributed by atoms with Crippen molar-refractivity contribution in [1.82, 2.24) is 29.4 Å². The molecule has 1 saturated heterocycles. The van der Waals surface area contributed by atoms with Crippen LogP contribution in [-0.2, 0) is 13.6 Å². The second kappa shape index (κ2) is 7.89. The zero-order chi connectivity index (χ0) is 25.6. The van der Waals surface area contributed by atoms with E-state index in [-0.39, 0.29) is 17.8 Å². The van der Waals surface area contributed by atoms with Gasteiger partial charge in [-0.15, -0.1) is 0 Å². The summed E-state index contributed by atoms with van der Waals surface area (Å²) in [4.78, 5) is 6.94. The zero-order valence-corrected chi connectivity index (χ0v) is 21.4. The Morgan fingerprint density at radius 1 is 1.16 bits per heavy atom. The van der Waals surface area contributed by atoms with Gasteiger partial charge in [0.1, 0.15) is 11.9 Å². The molecule has 4 atom stereocenters. The number of hydrogen-bond donors (Lipinski definition) is 1. The summed E-state index contributed by atoms with van der Waals surface area (Å²) in [6.45, 7) is 5.78. The van der Waals surface area contributed by atoms with Crippen molar-refractivity contribution in [3.63, 3.8) is 0 Å². The molecule has 37 heavy (non-hydrogen) atoms. The van der Waals surface area contributed by atoms with Crippen LogP contribution in [0.15, 0.2) is 36.7 Å². The second-order valence-electron chi connectivity index (χ2n) is 10.5. The molecule has 1 aliphatic carbocycles. The molecule has 3 aromatic heterocycles. The number of nitrogen functional groups attached to an aromatic ring is 1. The number of halogens is 1. The Morgan fingerprint density at radius 2 is 2.00 bits per heavy atom. The molecule has 3 aliphatic rings. The molecule has 1 aromatic carbocycles. The van der Waals surface area contributed by atoms with Crippen LogP contribution in [0.1, 0.15) is 60.7 Å². The summed E-state index contributed by atoms with van der Waals surface area (Å²) in [6.07, 6.45) is 4.55. The summed E-state index contributed by atoms with van der Waals surface area (Å²) >= 11 is 0. The number of aryl methyl sites for hydroxylation is 2. The second-order valence-corrected chi connectivity index (χ2v) is 10.5. The van der Waals surface area contributed by atoms with Gasteiger partial charge < -0.3 is 10.5 Å². The van der Waals surface area contributed by atoms with Crippen molar-refractivity contribution in [2.45, 2.75) is 44.9 Å². The first kappa shape index (κ1) is 22.5. The van der Waals surface area contributed by atoms with Crippen LogP contribution in [-0.4, -0.2) is 43.0 Å². The third kappa shape index (κ3) is 3.13. The van der Waals surface area contributed by atoms with Gasteiger partial charge in [0, 0.05) is 59.7 Å². The monoisotopic (exact) mass is 499 g/mol. The molecule has 3 unspecified atom stereocenters. The van der Waals surface area contributed by atoms with Gasteiger partial charge in [-0.2, -0.15) is 10.2 Å². The fraction of sp³-hybridized carbons (Fsp3) is 0.393. The van der Waals surface area contributed by atoms with E-state index in [1.54, 1.807) is 6.07 Å². The largest absolute Gasteiger partial charge is 0.482 e. The molecule has 190 valence electrons. The number of ether oxygens (including phenoxy) is 1. The first-order chi connectivity index (χ1) is 17.9. The summed E-state index contributed by atoms with van der Waals surface area (Å²) in [5.41, 5.74) is 14.2. The Balaban J connectivity index is 1.60. The van der Waals surface area contributed by atoms with E-state index in [1.165, 1.54) is 11.6 Å². The van der Waals surface area contributed by atoms with E-state index in [1.807, 2.05) is 37.0 Å². The minimum atomic E-state index is -0.473. The summed E-state index contributed by atoms with van der Waals surface area (Å²) in [7, 11) is 4.14. The normalized spacial score (nSPS) is 23.9. The van der Waals surface area contributed by atoms with Crippen molar-refractivity contribution in [2.75, 3.05) is 19.3 Å². The first-order valence-electron chi connectivity index (χ1n) is 12.9. The van der Waals surface area contributed by atoms with Crippen LogP contribution in [0.3, 0.4) is 0 Å². The number of fused-ring (bicyclic) bond motifs is 10. The van der Waals surface area contributed by atoms with Crippen LogP contribution in [0.4, 0.5) is 10.2 Å². The summed E-state index contributed by atoms with van der Waals surface area (Å²) in [5, 5.41) is 10.1. The van der Waals surface area contributed by atoms with Gasteiger partial charge in [0.05, 0.1) is 23.1 Å². The minimum Gasteiger partial charge on any atom is -0.482 e. The van der Waals surface area contributed by atoms with Gasteiger partial charge >= 0.3 is 0 Å². The molecule has 0 spiro atoms. The lowest BCUT2D eigenvalue weighted by atomic mass is 9.81. The number of pyridine rings is 1. The van der Waals surface area contributed by atoms with Gasteiger partial charge in [-0.25, -0.2) is 9.37 Å². The van der Waals surface area contributed by atoms with E-state index in [0.717, 1.165) is 58.8 Å². The van der Waals surface area contributed by atoms with Gasteiger partial charge in [-0.1, -0.05) is 0 Å². The highest BCUT2D eigenvalue weighted by molar-refractivity contribution is 5.75. The molecule has 2 N–H and O–H groups in total. The topological polar surface area (TPSA) is 87.0 Å². The highest BCUT2D eigenvalue weighted by atomic mass is 19.1. The number of rotatable bonds is 1. The zero-order valence-electron chi connectivity index (χ0n) is 21.4. The smallest absolute Gasteiger partial charge is 0.166 e. The van der Waals surface area contributed by atoms with Crippen molar-refractivity contribution in [3.05, 3.63) is 64.9 Å². The molecule has 0 amide bonds. The first-order valence-corrected chi connectivity index (χ1v) is 12.9. The maximum Gasteiger partial charge on any atom is 0.166 e. The Bertz CT molecular complexity index is 1560. The van der Waals surface area contributed by atoms with Crippen LogP contribution in [0.25, 0.3) is 22.5 Å². The molecule has 5 heterocycles. The Kier molecular flexibility index (Phi) is 4.79. The molecule has 9 heteroatoms. The van der Waals surface area contributed by atoms with Crippen LogP contribution in [0.5, 0.6) is 5.75 Å². The summed E-state index contributed by atoms with van der Waals surface area (Å²) in [5.74, 6) is 0.935. The molecule has 0 saturated carbocycles. The van der Waals surface area contributed by atoms with Crippen molar-refractivity contribution in [2.24, 2.45) is 13.0 Å². The van der Waals surface area contributed by atoms with E-state index in [2.05, 4.69) is 34.7 Å². The minimum absolute atomic E-state index is 0.0958. The maximum atomic E-state index is 14.6. The number of aromatic nitrogens is 5. The number of nitrogens with zero attached hydrogens (tertiary/aromatic N) is 6. The Labute approximate surface area is 214 Å². The maximum absolute atomic E-state index is 14.6. The van der Waals surface area contributed by atoms with E-state index in [9.17, 15) is 4.39 Å². The summed E-state index contributed by atoms with van der Waals surface area (Å²) in [6, 6.07) is 7.06. The average molecular weight is 500 g/mol. The number of nitrogens with two attached hydrogens (primary N) is 1. The third-order valence-corrected chi connectivity index (χ3v) is 8.39. The van der Waals surface area contributed by atoms with Crippen LogP contribution in [0, 0.1) is 11.7 Å². The fourth-order valence-corrected chi connectivity index (χ4v) is 6.85. The molecule has 4 aromatic rings. The van der Waals surface area contributed by atoms with Crippen molar-refractivity contribution >= 4 is 5.82 Å². The molecular weight excluding hydrogens is 469 g/mol. The van der Waals surface area contributed by atoms with E-state index in [4.69, 9.17) is 20.7 Å². The van der Waals surface area contributed by atoms with Gasteiger partial charge in [-0.3, -0.25) is 14.3 Å². The predicted molar refractivity (Wildman–Crippen MR) is 139 cm³/mol. The van der Waals surface area contributed by atoms with E-state index in [0.29, 0.717) is 17.5 Å². The number of likely N-dealkylation sites (tertiary alicyclic amines) is 1. The van der Waals surface area contributed by atoms with Crippen LogP contribution >= 0.6 is 0 Å². The van der Waals surface area contributed by atoms with Gasteiger partial charge in [0.25, 0.3) is 0 Å². The van der Waals surface area contributed by atoms with Crippen molar-refractivity contribution in [3.8, 4) is 28.3 Å². The molecule has 8 nitrogen and oxygen atoms in total. The quantitative estimate of drug-likeness (QED) is 0.409. The van der Waals surface area contributed by atoms with Crippen molar-refractivity contribution in [1.29, 1.82) is 0 Å². The van der Waals surface area contributed by atoms with Gasteiger partial charge in [-0.05, 0) is 64.0 Å². The van der Waals surface area contributed by atoms with Crippen LogP contribution in [0.2, 0.25) is 0 Å².